The molecule has 0 saturated heterocycles. The van der Waals surface area contributed by atoms with Gasteiger partial charge in [-0.3, -0.25) is 0 Å². The lowest BCUT2D eigenvalue weighted by molar-refractivity contribution is 0.782. The number of rotatable bonds is 2. The SMILES string of the molecule is Cc1cscc1Cn1cc[nH]c1=S. The molecular formula is C9H10N2S2. The first-order valence-electron chi connectivity index (χ1n) is 4.03. The minimum atomic E-state index is 0.783. The summed E-state index contributed by atoms with van der Waals surface area (Å²) < 4.78 is 2.82. The minimum absolute atomic E-state index is 0.783. The summed E-state index contributed by atoms with van der Waals surface area (Å²) in [4.78, 5) is 2.98. The molecule has 2 aromatic heterocycles. The Bertz CT molecular complexity index is 450. The molecule has 0 saturated carbocycles. The molecule has 0 bridgehead atoms. The molecule has 2 rings (SSSR count). The number of imidazole rings is 1. The summed E-state index contributed by atoms with van der Waals surface area (Å²) in [6, 6.07) is 0. The van der Waals surface area contributed by atoms with E-state index in [4.69, 9.17) is 12.2 Å². The van der Waals surface area contributed by atoms with Gasteiger partial charge in [-0.15, -0.1) is 0 Å². The minimum Gasteiger partial charge on any atom is -0.337 e. The third-order valence-electron chi connectivity index (χ3n) is 2.02. The van der Waals surface area contributed by atoms with E-state index in [0.717, 1.165) is 11.3 Å². The molecule has 0 radical (unpaired) electrons. The van der Waals surface area contributed by atoms with Crippen LogP contribution < -0.4 is 0 Å². The van der Waals surface area contributed by atoms with Crippen LogP contribution in [0.3, 0.4) is 0 Å². The predicted molar refractivity (Wildman–Crippen MR) is 57.8 cm³/mol. The Labute approximate surface area is 85.9 Å². The highest BCUT2D eigenvalue weighted by molar-refractivity contribution is 7.71. The predicted octanol–water partition coefficient (Wildman–Crippen LogP) is 2.96. The van der Waals surface area contributed by atoms with Gasteiger partial charge in [-0.1, -0.05) is 0 Å². The van der Waals surface area contributed by atoms with Gasteiger partial charge in [-0.05, 0) is 41.0 Å². The number of thiophene rings is 1. The molecule has 0 aliphatic rings. The maximum absolute atomic E-state index is 5.11. The van der Waals surface area contributed by atoms with E-state index in [1.165, 1.54) is 11.1 Å². The van der Waals surface area contributed by atoms with Crippen molar-refractivity contribution in [3.63, 3.8) is 0 Å². The summed E-state index contributed by atoms with van der Waals surface area (Å²) in [6.07, 6.45) is 3.84. The average Bonchev–Trinajstić information content (AvgIpc) is 2.65. The number of hydrogen-bond donors (Lipinski definition) is 1. The van der Waals surface area contributed by atoms with Gasteiger partial charge in [0.15, 0.2) is 4.77 Å². The van der Waals surface area contributed by atoms with Gasteiger partial charge in [0.1, 0.15) is 0 Å². The van der Waals surface area contributed by atoms with E-state index in [2.05, 4.69) is 22.7 Å². The normalized spacial score (nSPS) is 10.5. The third-order valence-corrected chi connectivity index (χ3v) is 3.29. The Morgan fingerprint density at radius 2 is 2.38 bits per heavy atom. The second-order valence-electron chi connectivity index (χ2n) is 2.97. The van der Waals surface area contributed by atoms with Gasteiger partial charge < -0.3 is 9.55 Å². The second-order valence-corrected chi connectivity index (χ2v) is 4.10. The van der Waals surface area contributed by atoms with E-state index in [1.807, 2.05) is 17.0 Å². The monoisotopic (exact) mass is 210 g/mol. The van der Waals surface area contributed by atoms with E-state index in [1.54, 1.807) is 11.3 Å². The molecule has 2 nitrogen and oxygen atoms in total. The molecule has 0 aromatic carbocycles. The number of nitrogens with zero attached hydrogens (tertiary/aromatic N) is 1. The van der Waals surface area contributed by atoms with Crippen LogP contribution in [0.4, 0.5) is 0 Å². The molecule has 68 valence electrons. The smallest absolute Gasteiger partial charge is 0.177 e. The fraction of sp³-hybridized carbons (Fsp3) is 0.222. The molecule has 0 aliphatic carbocycles. The van der Waals surface area contributed by atoms with Gasteiger partial charge in [0.2, 0.25) is 0 Å². The first-order chi connectivity index (χ1) is 6.27. The zero-order chi connectivity index (χ0) is 9.26. The van der Waals surface area contributed by atoms with E-state index in [-0.39, 0.29) is 0 Å². The molecule has 2 aromatic rings. The maximum atomic E-state index is 5.11. The van der Waals surface area contributed by atoms with Crippen molar-refractivity contribution in [1.82, 2.24) is 9.55 Å². The van der Waals surface area contributed by atoms with Crippen molar-refractivity contribution in [3.05, 3.63) is 39.1 Å². The van der Waals surface area contributed by atoms with Crippen molar-refractivity contribution in [1.29, 1.82) is 0 Å². The van der Waals surface area contributed by atoms with Crippen molar-refractivity contribution < 1.29 is 0 Å². The van der Waals surface area contributed by atoms with E-state index in [0.29, 0.717) is 0 Å². The lowest BCUT2D eigenvalue weighted by atomic mass is 10.2. The van der Waals surface area contributed by atoms with Gasteiger partial charge in [-0.2, -0.15) is 11.3 Å². The zero-order valence-corrected chi connectivity index (χ0v) is 8.91. The van der Waals surface area contributed by atoms with Gasteiger partial charge in [-0.25, -0.2) is 0 Å². The Morgan fingerprint density at radius 3 is 2.92 bits per heavy atom. The standard InChI is InChI=1S/C9H10N2S2/c1-7-5-13-6-8(7)4-11-3-2-10-9(11)12/h2-3,5-6H,4H2,1H3,(H,10,12). The van der Waals surface area contributed by atoms with Crippen molar-refractivity contribution in [2.75, 3.05) is 0 Å². The summed E-state index contributed by atoms with van der Waals surface area (Å²) >= 11 is 6.85. The molecule has 0 atom stereocenters. The van der Waals surface area contributed by atoms with Crippen molar-refractivity contribution >= 4 is 23.6 Å². The lowest BCUT2D eigenvalue weighted by Gasteiger charge is -2.00. The molecular weight excluding hydrogens is 200 g/mol. The van der Waals surface area contributed by atoms with E-state index >= 15 is 0 Å². The summed E-state index contributed by atoms with van der Waals surface area (Å²) in [6.45, 7) is 3.00. The highest BCUT2D eigenvalue weighted by atomic mass is 32.1. The first-order valence-corrected chi connectivity index (χ1v) is 5.38. The largest absolute Gasteiger partial charge is 0.337 e. The van der Waals surface area contributed by atoms with Crippen LogP contribution in [0.15, 0.2) is 23.2 Å². The number of hydrogen-bond acceptors (Lipinski definition) is 2. The Balaban J connectivity index is 2.29. The molecule has 13 heavy (non-hydrogen) atoms. The van der Waals surface area contributed by atoms with Crippen LogP contribution in [0.2, 0.25) is 0 Å². The molecule has 0 amide bonds. The molecule has 4 heteroatoms. The summed E-state index contributed by atoms with van der Waals surface area (Å²) in [5.74, 6) is 0. The van der Waals surface area contributed by atoms with Gasteiger partial charge in [0, 0.05) is 12.4 Å². The fourth-order valence-corrected chi connectivity index (χ4v) is 2.25. The highest BCUT2D eigenvalue weighted by Crippen LogP contribution is 2.14. The van der Waals surface area contributed by atoms with Crippen LogP contribution >= 0.6 is 23.6 Å². The Morgan fingerprint density at radius 1 is 1.54 bits per heavy atom. The maximum Gasteiger partial charge on any atom is 0.177 e. The molecule has 0 unspecified atom stereocenters. The summed E-state index contributed by atoms with van der Waals surface area (Å²) in [5, 5.41) is 4.33. The van der Waals surface area contributed by atoms with E-state index in [9.17, 15) is 0 Å². The number of aryl methyl sites for hydroxylation is 1. The van der Waals surface area contributed by atoms with Crippen molar-refractivity contribution in [2.24, 2.45) is 0 Å². The quantitative estimate of drug-likeness (QED) is 0.756. The van der Waals surface area contributed by atoms with Crippen LogP contribution in [-0.4, -0.2) is 9.55 Å². The lowest BCUT2D eigenvalue weighted by Crippen LogP contribution is -1.97. The molecule has 0 fully saturated rings. The number of H-pyrrole nitrogens is 1. The van der Waals surface area contributed by atoms with Crippen LogP contribution in [0.25, 0.3) is 0 Å². The highest BCUT2D eigenvalue weighted by Gasteiger charge is 2.00. The van der Waals surface area contributed by atoms with E-state index < -0.39 is 0 Å². The molecule has 2 heterocycles. The van der Waals surface area contributed by atoms with Crippen LogP contribution in [0.5, 0.6) is 0 Å². The van der Waals surface area contributed by atoms with Crippen molar-refractivity contribution in [3.8, 4) is 0 Å². The van der Waals surface area contributed by atoms with Crippen molar-refractivity contribution in [2.45, 2.75) is 13.5 Å². The summed E-state index contributed by atoms with van der Waals surface area (Å²) in [7, 11) is 0. The second kappa shape index (κ2) is 3.47. The molecule has 0 spiro atoms. The van der Waals surface area contributed by atoms with Gasteiger partial charge in [0.05, 0.1) is 6.54 Å². The average molecular weight is 210 g/mol. The topological polar surface area (TPSA) is 20.7 Å². The third kappa shape index (κ3) is 1.73. The van der Waals surface area contributed by atoms with Crippen LogP contribution in [0, 0.1) is 11.7 Å². The van der Waals surface area contributed by atoms with Crippen LogP contribution in [0.1, 0.15) is 11.1 Å². The number of nitrogens with one attached hydrogen (secondary N) is 1. The van der Waals surface area contributed by atoms with Gasteiger partial charge in [0.25, 0.3) is 0 Å². The van der Waals surface area contributed by atoms with Gasteiger partial charge >= 0.3 is 0 Å². The zero-order valence-electron chi connectivity index (χ0n) is 7.28. The Kier molecular flexibility index (Phi) is 2.33. The molecule has 0 aliphatic heterocycles. The fourth-order valence-electron chi connectivity index (χ4n) is 1.21. The summed E-state index contributed by atoms with van der Waals surface area (Å²) in [5.41, 5.74) is 2.69. The first kappa shape index (κ1) is 8.72. The number of aromatic amines is 1. The molecule has 1 N–H and O–H groups in total. The Hall–Kier alpha value is -0.870. The van der Waals surface area contributed by atoms with Crippen LogP contribution in [-0.2, 0) is 6.54 Å². The number of aromatic nitrogens is 2.